The third-order valence-electron chi connectivity index (χ3n) is 6.52. The lowest BCUT2D eigenvalue weighted by atomic mass is 10.0. The summed E-state index contributed by atoms with van der Waals surface area (Å²) in [6.45, 7) is 13.3. The standard InChI is InChI=1S/C32H66O7/c1-3-5-7-8-9-10-11-12-13-14-15-16-18-20-34-22-24-36-26-28-38-30-32-39-31-29-37-27-25-35-23-21-33-19-17-6-4-2/h3-32H2,1-2H3. The van der Waals surface area contributed by atoms with Gasteiger partial charge in [0.15, 0.2) is 0 Å². The Kier molecular flexibility index (Phi) is 37.4. The molecule has 0 aliphatic carbocycles. The second kappa shape index (κ2) is 37.7. The molecule has 0 bridgehead atoms. The van der Waals surface area contributed by atoms with Gasteiger partial charge in [0.05, 0.1) is 79.3 Å². The highest BCUT2D eigenvalue weighted by Crippen LogP contribution is 2.12. The molecule has 0 radical (unpaired) electrons. The summed E-state index contributed by atoms with van der Waals surface area (Å²) in [5.74, 6) is 0. The Morgan fingerprint density at radius 3 is 0.667 bits per heavy atom. The molecule has 0 aromatic rings. The van der Waals surface area contributed by atoms with Crippen molar-refractivity contribution in [1.29, 1.82) is 0 Å². The topological polar surface area (TPSA) is 64.6 Å². The molecule has 7 heteroatoms. The van der Waals surface area contributed by atoms with E-state index in [1.54, 1.807) is 0 Å². The highest BCUT2D eigenvalue weighted by molar-refractivity contribution is 4.49. The Morgan fingerprint density at radius 1 is 0.205 bits per heavy atom. The molecule has 39 heavy (non-hydrogen) atoms. The third kappa shape index (κ3) is 37.7. The second-order valence-electron chi connectivity index (χ2n) is 10.2. The van der Waals surface area contributed by atoms with Gasteiger partial charge in [0.1, 0.15) is 0 Å². The molecule has 0 aromatic carbocycles. The molecule has 236 valence electrons. The molecule has 0 N–H and O–H groups in total. The Hall–Kier alpha value is -0.280. The van der Waals surface area contributed by atoms with E-state index in [2.05, 4.69) is 13.8 Å². The predicted octanol–water partition coefficient (Wildman–Crippen LogP) is 7.38. The largest absolute Gasteiger partial charge is 0.379 e. The minimum atomic E-state index is 0.566. The molecular weight excluding hydrogens is 496 g/mol. The zero-order chi connectivity index (χ0) is 28.2. The van der Waals surface area contributed by atoms with E-state index in [0.29, 0.717) is 79.3 Å². The van der Waals surface area contributed by atoms with Gasteiger partial charge in [0, 0.05) is 13.2 Å². The summed E-state index contributed by atoms with van der Waals surface area (Å²) in [7, 11) is 0. The van der Waals surface area contributed by atoms with E-state index < -0.39 is 0 Å². The van der Waals surface area contributed by atoms with Crippen molar-refractivity contribution >= 4 is 0 Å². The van der Waals surface area contributed by atoms with Gasteiger partial charge in [-0.15, -0.1) is 0 Å². The van der Waals surface area contributed by atoms with Gasteiger partial charge < -0.3 is 33.2 Å². The molecule has 0 aliphatic heterocycles. The Morgan fingerprint density at radius 2 is 0.385 bits per heavy atom. The summed E-state index contributed by atoms with van der Waals surface area (Å²) in [5.41, 5.74) is 0. The molecular formula is C32H66O7. The maximum Gasteiger partial charge on any atom is 0.0701 e. The van der Waals surface area contributed by atoms with Crippen LogP contribution in [0, 0.1) is 0 Å². The molecule has 0 fully saturated rings. The highest BCUT2D eigenvalue weighted by Gasteiger charge is 1.96. The summed E-state index contributed by atoms with van der Waals surface area (Å²) in [5, 5.41) is 0. The van der Waals surface area contributed by atoms with Crippen molar-refractivity contribution in [3.63, 3.8) is 0 Å². The zero-order valence-corrected chi connectivity index (χ0v) is 26.1. The lowest BCUT2D eigenvalue weighted by Gasteiger charge is -2.08. The Bertz CT molecular complexity index is 376. The van der Waals surface area contributed by atoms with Gasteiger partial charge >= 0.3 is 0 Å². The predicted molar refractivity (Wildman–Crippen MR) is 161 cm³/mol. The minimum absolute atomic E-state index is 0.566. The average Bonchev–Trinajstić information content (AvgIpc) is 2.95. The van der Waals surface area contributed by atoms with Crippen LogP contribution < -0.4 is 0 Å². The van der Waals surface area contributed by atoms with Crippen molar-refractivity contribution in [2.24, 2.45) is 0 Å². The van der Waals surface area contributed by atoms with Crippen LogP contribution >= 0.6 is 0 Å². The first-order valence-electron chi connectivity index (χ1n) is 16.5. The van der Waals surface area contributed by atoms with Crippen LogP contribution in [-0.4, -0.2) is 92.5 Å². The number of rotatable bonds is 36. The number of hydrogen-bond acceptors (Lipinski definition) is 7. The SMILES string of the molecule is CCCCCCCCCCCCCCCOCCOCCOCCOCCOCCOCCOCCCCC. The fraction of sp³-hybridized carbons (Fsp3) is 1.00. The summed E-state index contributed by atoms with van der Waals surface area (Å²) >= 11 is 0. The van der Waals surface area contributed by atoms with E-state index >= 15 is 0 Å². The number of ether oxygens (including phenoxy) is 7. The molecule has 0 aliphatic rings. The van der Waals surface area contributed by atoms with Crippen LogP contribution in [0.4, 0.5) is 0 Å². The van der Waals surface area contributed by atoms with E-state index in [9.17, 15) is 0 Å². The fourth-order valence-electron chi connectivity index (χ4n) is 4.10. The molecule has 0 heterocycles. The normalized spacial score (nSPS) is 11.5. The average molecular weight is 563 g/mol. The summed E-state index contributed by atoms with van der Waals surface area (Å²) in [6, 6.07) is 0. The molecule has 0 atom stereocenters. The quantitative estimate of drug-likeness (QED) is 0.0738. The van der Waals surface area contributed by atoms with E-state index in [1.807, 2.05) is 0 Å². The monoisotopic (exact) mass is 562 g/mol. The van der Waals surface area contributed by atoms with Crippen LogP contribution in [0.25, 0.3) is 0 Å². The molecule has 0 saturated heterocycles. The van der Waals surface area contributed by atoms with Gasteiger partial charge in [0.25, 0.3) is 0 Å². The summed E-state index contributed by atoms with van der Waals surface area (Å²) in [4.78, 5) is 0. The van der Waals surface area contributed by atoms with Gasteiger partial charge in [0.2, 0.25) is 0 Å². The molecule has 0 saturated carbocycles. The molecule has 0 amide bonds. The highest BCUT2D eigenvalue weighted by atomic mass is 16.6. The maximum atomic E-state index is 5.66. The van der Waals surface area contributed by atoms with Gasteiger partial charge in [-0.25, -0.2) is 0 Å². The lowest BCUT2D eigenvalue weighted by molar-refractivity contribution is -0.0206. The van der Waals surface area contributed by atoms with Gasteiger partial charge in [-0.3, -0.25) is 0 Å². The van der Waals surface area contributed by atoms with Crippen molar-refractivity contribution in [2.45, 2.75) is 117 Å². The van der Waals surface area contributed by atoms with E-state index in [4.69, 9.17) is 33.2 Å². The van der Waals surface area contributed by atoms with Crippen LogP contribution in [0.1, 0.15) is 117 Å². The van der Waals surface area contributed by atoms with Gasteiger partial charge in [-0.05, 0) is 12.8 Å². The molecule has 0 aromatic heterocycles. The molecule has 0 spiro atoms. The first kappa shape index (κ1) is 38.7. The summed E-state index contributed by atoms with van der Waals surface area (Å²) in [6.07, 6.45) is 21.5. The summed E-state index contributed by atoms with van der Waals surface area (Å²) < 4.78 is 38.7. The number of unbranched alkanes of at least 4 members (excludes halogenated alkanes) is 14. The number of hydrogen-bond donors (Lipinski definition) is 0. The van der Waals surface area contributed by atoms with Crippen LogP contribution in [-0.2, 0) is 33.2 Å². The van der Waals surface area contributed by atoms with E-state index in [-0.39, 0.29) is 0 Å². The van der Waals surface area contributed by atoms with Gasteiger partial charge in [-0.2, -0.15) is 0 Å². The van der Waals surface area contributed by atoms with Crippen molar-refractivity contribution < 1.29 is 33.2 Å². The van der Waals surface area contributed by atoms with Crippen LogP contribution in [0.5, 0.6) is 0 Å². The van der Waals surface area contributed by atoms with Crippen molar-refractivity contribution in [3.8, 4) is 0 Å². The van der Waals surface area contributed by atoms with Crippen molar-refractivity contribution in [1.82, 2.24) is 0 Å². The van der Waals surface area contributed by atoms with Crippen molar-refractivity contribution in [3.05, 3.63) is 0 Å². The molecule has 0 unspecified atom stereocenters. The molecule has 7 nitrogen and oxygen atoms in total. The maximum absolute atomic E-state index is 5.66. The molecule has 0 rings (SSSR count). The smallest absolute Gasteiger partial charge is 0.0701 e. The third-order valence-corrected chi connectivity index (χ3v) is 6.52. The van der Waals surface area contributed by atoms with Crippen molar-refractivity contribution in [2.75, 3.05) is 92.5 Å². The van der Waals surface area contributed by atoms with Crippen LogP contribution in [0.15, 0.2) is 0 Å². The lowest BCUT2D eigenvalue weighted by Crippen LogP contribution is -2.14. The second-order valence-corrected chi connectivity index (χ2v) is 10.2. The Balaban J connectivity index is 3.01. The van der Waals surface area contributed by atoms with Crippen LogP contribution in [0.2, 0.25) is 0 Å². The first-order valence-corrected chi connectivity index (χ1v) is 16.5. The minimum Gasteiger partial charge on any atom is -0.379 e. The Labute approximate surface area is 242 Å². The first-order chi connectivity index (χ1) is 19.4. The van der Waals surface area contributed by atoms with E-state index in [0.717, 1.165) is 26.1 Å². The van der Waals surface area contributed by atoms with E-state index in [1.165, 1.54) is 89.9 Å². The zero-order valence-electron chi connectivity index (χ0n) is 26.1. The van der Waals surface area contributed by atoms with Gasteiger partial charge in [-0.1, -0.05) is 104 Å². The fourth-order valence-corrected chi connectivity index (χ4v) is 4.10. The van der Waals surface area contributed by atoms with Crippen LogP contribution in [0.3, 0.4) is 0 Å².